The molecule has 6 nitrogen and oxygen atoms in total. The Labute approximate surface area is 195 Å². The van der Waals surface area contributed by atoms with Crippen molar-refractivity contribution >= 4 is 39.8 Å². The molecule has 0 atom stereocenters. The minimum atomic E-state index is -4.75. The molecule has 0 radical (unpaired) electrons. The Morgan fingerprint density at radius 2 is 1.76 bits per heavy atom. The first-order valence-electron chi connectivity index (χ1n) is 9.88. The molecule has 2 heterocycles. The summed E-state index contributed by atoms with van der Waals surface area (Å²) in [4.78, 5) is 6.30. The smallest absolute Gasteiger partial charge is 0.406 e. The molecule has 0 saturated carbocycles. The van der Waals surface area contributed by atoms with Gasteiger partial charge in [-0.3, -0.25) is 4.40 Å². The summed E-state index contributed by atoms with van der Waals surface area (Å²) in [5.41, 5.74) is 2.74. The van der Waals surface area contributed by atoms with Crippen LogP contribution in [0.1, 0.15) is 0 Å². The molecule has 5 aromatic rings. The second kappa shape index (κ2) is 8.14. The first-order valence-corrected chi connectivity index (χ1v) is 10.3. The molecule has 11 heteroatoms. The Morgan fingerprint density at radius 3 is 2.50 bits per heavy atom. The van der Waals surface area contributed by atoms with E-state index >= 15 is 0 Å². The van der Waals surface area contributed by atoms with Gasteiger partial charge in [0.05, 0.1) is 10.5 Å². The molecule has 3 aromatic carbocycles. The number of fused-ring (bicyclic) bond motifs is 3. The van der Waals surface area contributed by atoms with Crippen LogP contribution in [0, 0.1) is 5.82 Å². The van der Waals surface area contributed by atoms with Crippen molar-refractivity contribution in [3.63, 3.8) is 0 Å². The first kappa shape index (κ1) is 21.9. The van der Waals surface area contributed by atoms with Crippen LogP contribution >= 0.6 is 11.6 Å². The van der Waals surface area contributed by atoms with Crippen molar-refractivity contribution in [2.75, 3.05) is 11.9 Å². The van der Waals surface area contributed by atoms with Gasteiger partial charge in [0, 0.05) is 18.1 Å². The van der Waals surface area contributed by atoms with Crippen LogP contribution in [0.3, 0.4) is 0 Å². The van der Waals surface area contributed by atoms with Crippen LogP contribution in [0.15, 0.2) is 67.0 Å². The van der Waals surface area contributed by atoms with Gasteiger partial charge < -0.3 is 9.64 Å². The van der Waals surface area contributed by atoms with E-state index in [2.05, 4.69) is 19.9 Å². The number of hydrogen-bond acceptors (Lipinski definition) is 5. The molecule has 0 amide bonds. The average molecular weight is 488 g/mol. The van der Waals surface area contributed by atoms with E-state index in [-0.39, 0.29) is 10.8 Å². The number of rotatable bonds is 4. The molecule has 172 valence electrons. The zero-order chi connectivity index (χ0) is 24.0. The predicted molar refractivity (Wildman–Crippen MR) is 120 cm³/mol. The second-order valence-corrected chi connectivity index (χ2v) is 7.81. The lowest BCUT2D eigenvalue weighted by atomic mass is 10.0. The molecule has 0 spiro atoms. The SMILES string of the molecule is CN(c1cccc(-c2ccc(OC(F)(F)F)cc2)c1)c1nc2nncn2c2cc(Cl)c(F)cc12. The Hall–Kier alpha value is -3.92. The summed E-state index contributed by atoms with van der Waals surface area (Å²) >= 11 is 6.00. The van der Waals surface area contributed by atoms with E-state index in [0.717, 1.165) is 5.56 Å². The monoisotopic (exact) mass is 487 g/mol. The maximum atomic E-state index is 14.3. The summed E-state index contributed by atoms with van der Waals surface area (Å²) in [6.07, 6.45) is -3.29. The molecule has 0 unspecified atom stereocenters. The third-order valence-corrected chi connectivity index (χ3v) is 5.54. The highest BCUT2D eigenvalue weighted by atomic mass is 35.5. The van der Waals surface area contributed by atoms with Gasteiger partial charge in [-0.15, -0.1) is 23.4 Å². The van der Waals surface area contributed by atoms with Crippen molar-refractivity contribution in [1.82, 2.24) is 19.6 Å². The highest BCUT2D eigenvalue weighted by molar-refractivity contribution is 6.31. The largest absolute Gasteiger partial charge is 0.573 e. The lowest BCUT2D eigenvalue weighted by Crippen LogP contribution is -2.16. The lowest BCUT2D eigenvalue weighted by molar-refractivity contribution is -0.274. The minimum Gasteiger partial charge on any atom is -0.406 e. The number of aromatic nitrogens is 4. The fourth-order valence-electron chi connectivity index (χ4n) is 3.67. The van der Waals surface area contributed by atoms with Crippen molar-refractivity contribution in [3.8, 4) is 16.9 Å². The average Bonchev–Trinajstić information content (AvgIpc) is 3.27. The zero-order valence-electron chi connectivity index (χ0n) is 17.4. The first-order chi connectivity index (χ1) is 16.2. The molecule has 0 bridgehead atoms. The van der Waals surface area contributed by atoms with Crippen LogP contribution in [0.2, 0.25) is 5.02 Å². The summed E-state index contributed by atoms with van der Waals surface area (Å²) in [7, 11) is 1.76. The van der Waals surface area contributed by atoms with E-state index in [1.165, 1.54) is 42.7 Å². The summed E-state index contributed by atoms with van der Waals surface area (Å²) in [6.45, 7) is 0. The number of anilines is 2. The molecule has 0 fully saturated rings. The predicted octanol–water partition coefficient (Wildman–Crippen LogP) is 6.40. The van der Waals surface area contributed by atoms with Crippen molar-refractivity contribution in [1.29, 1.82) is 0 Å². The number of alkyl halides is 3. The van der Waals surface area contributed by atoms with E-state index in [0.29, 0.717) is 33.7 Å². The quantitative estimate of drug-likeness (QED) is 0.274. The highest BCUT2D eigenvalue weighted by Crippen LogP contribution is 2.34. The molecule has 34 heavy (non-hydrogen) atoms. The Morgan fingerprint density at radius 1 is 1.00 bits per heavy atom. The molecule has 0 aliphatic heterocycles. The van der Waals surface area contributed by atoms with Gasteiger partial charge in [-0.2, -0.15) is 4.98 Å². The van der Waals surface area contributed by atoms with E-state index in [4.69, 9.17) is 11.6 Å². The van der Waals surface area contributed by atoms with Gasteiger partial charge in [-0.25, -0.2) is 4.39 Å². The molecule has 0 aliphatic carbocycles. The minimum absolute atomic E-state index is 0.0396. The van der Waals surface area contributed by atoms with Crippen LogP contribution in [0.4, 0.5) is 29.1 Å². The van der Waals surface area contributed by atoms with Gasteiger partial charge in [0.25, 0.3) is 5.78 Å². The summed E-state index contributed by atoms with van der Waals surface area (Å²) in [5.74, 6) is -0.152. The Balaban J connectivity index is 1.55. The second-order valence-electron chi connectivity index (χ2n) is 7.40. The molecular weight excluding hydrogens is 474 g/mol. The third kappa shape index (κ3) is 4.08. The standard InChI is InChI=1S/C23H14ClF4N5O/c1-32(21-17-10-19(25)18(24)11-20(17)33-12-29-31-22(33)30-21)15-4-2-3-14(9-15)13-5-7-16(8-6-13)34-23(26,27)28/h2-12H,1H3. The van der Waals surface area contributed by atoms with Gasteiger partial charge >= 0.3 is 6.36 Å². The number of ether oxygens (including phenoxy) is 1. The Kier molecular flexibility index (Phi) is 5.24. The van der Waals surface area contributed by atoms with Crippen LogP contribution in [-0.2, 0) is 0 Å². The number of hydrogen-bond donors (Lipinski definition) is 0. The van der Waals surface area contributed by atoms with Crippen molar-refractivity contribution < 1.29 is 22.3 Å². The topological polar surface area (TPSA) is 55.5 Å². The maximum Gasteiger partial charge on any atom is 0.573 e. The normalized spacial score (nSPS) is 11.8. The van der Waals surface area contributed by atoms with Gasteiger partial charge in [0.1, 0.15) is 23.7 Å². The van der Waals surface area contributed by atoms with Gasteiger partial charge in [0.15, 0.2) is 0 Å². The Bertz CT molecular complexity index is 1520. The van der Waals surface area contributed by atoms with Gasteiger partial charge in [0.2, 0.25) is 0 Å². The van der Waals surface area contributed by atoms with E-state index in [1.807, 2.05) is 18.2 Å². The van der Waals surface area contributed by atoms with Gasteiger partial charge in [-0.1, -0.05) is 35.9 Å². The van der Waals surface area contributed by atoms with Gasteiger partial charge in [-0.05, 0) is 47.5 Å². The zero-order valence-corrected chi connectivity index (χ0v) is 18.1. The van der Waals surface area contributed by atoms with Crippen LogP contribution in [0.5, 0.6) is 5.75 Å². The number of halogens is 5. The van der Waals surface area contributed by atoms with Crippen molar-refractivity contribution in [2.24, 2.45) is 0 Å². The lowest BCUT2D eigenvalue weighted by Gasteiger charge is -2.21. The summed E-state index contributed by atoms with van der Waals surface area (Å²) in [6, 6.07) is 15.7. The highest BCUT2D eigenvalue weighted by Gasteiger charge is 2.31. The summed E-state index contributed by atoms with van der Waals surface area (Å²) in [5, 5.41) is 8.33. The van der Waals surface area contributed by atoms with E-state index < -0.39 is 12.2 Å². The van der Waals surface area contributed by atoms with Crippen LogP contribution in [0.25, 0.3) is 27.8 Å². The van der Waals surface area contributed by atoms with Crippen molar-refractivity contribution in [2.45, 2.75) is 6.36 Å². The molecule has 0 N–H and O–H groups in total. The maximum absolute atomic E-state index is 14.3. The van der Waals surface area contributed by atoms with Crippen LogP contribution < -0.4 is 9.64 Å². The molecule has 0 aliphatic rings. The van der Waals surface area contributed by atoms with E-state index in [9.17, 15) is 17.6 Å². The molecule has 0 saturated heterocycles. The van der Waals surface area contributed by atoms with Crippen molar-refractivity contribution in [3.05, 3.63) is 77.8 Å². The van der Waals surface area contributed by atoms with Crippen LogP contribution in [-0.4, -0.2) is 33.0 Å². The number of benzene rings is 3. The molecule has 5 rings (SSSR count). The van der Waals surface area contributed by atoms with E-state index in [1.54, 1.807) is 22.4 Å². The molecule has 2 aromatic heterocycles. The fourth-order valence-corrected chi connectivity index (χ4v) is 3.82. The third-order valence-electron chi connectivity index (χ3n) is 5.25. The summed E-state index contributed by atoms with van der Waals surface area (Å²) < 4.78 is 57.2. The molecular formula is C23H14ClF4N5O. The number of nitrogens with zero attached hydrogens (tertiary/aromatic N) is 5. The fraction of sp³-hybridized carbons (Fsp3) is 0.0870.